The molecule has 0 N–H and O–H groups in total. The summed E-state index contributed by atoms with van der Waals surface area (Å²) in [5, 5.41) is 0. The van der Waals surface area contributed by atoms with Crippen LogP contribution in [0.4, 0.5) is 13.2 Å². The van der Waals surface area contributed by atoms with Crippen molar-refractivity contribution in [2.45, 2.75) is 44.9 Å². The van der Waals surface area contributed by atoms with Gasteiger partial charge in [0.2, 0.25) is 0 Å². The Kier molecular flexibility index (Phi) is 8.45. The van der Waals surface area contributed by atoms with E-state index < -0.39 is 18.2 Å². The van der Waals surface area contributed by atoms with E-state index in [9.17, 15) is 18.0 Å². The zero-order valence-corrected chi connectivity index (χ0v) is 10.6. The maximum atomic E-state index is 12.0. The van der Waals surface area contributed by atoms with Gasteiger partial charge in [0, 0.05) is 6.08 Å². The molecule has 0 aliphatic heterocycles. The third kappa shape index (κ3) is 10.1. The Morgan fingerprint density at radius 2 is 2.00 bits per heavy atom. The van der Waals surface area contributed by atoms with Crippen molar-refractivity contribution in [3.05, 3.63) is 12.2 Å². The molecule has 3 nitrogen and oxygen atoms in total. The molecule has 1 atom stereocenters. The summed E-state index contributed by atoms with van der Waals surface area (Å²) in [6.45, 7) is 1.66. The summed E-state index contributed by atoms with van der Waals surface area (Å²) in [6.07, 6.45) is -0.902. The molecule has 0 unspecified atom stereocenters. The molecule has 18 heavy (non-hydrogen) atoms. The highest BCUT2D eigenvalue weighted by Gasteiger charge is 2.23. The fraction of sp³-hybridized carbons (Fsp3) is 0.750. The van der Waals surface area contributed by atoms with Crippen LogP contribution in [0.15, 0.2) is 12.2 Å². The Bertz CT molecular complexity index is 262. The summed E-state index contributed by atoms with van der Waals surface area (Å²) in [4.78, 5) is 10.9. The van der Waals surface area contributed by atoms with E-state index in [1.807, 2.05) is 6.92 Å². The summed E-state index contributed by atoms with van der Waals surface area (Å²) in [5.41, 5.74) is 0. The van der Waals surface area contributed by atoms with Crippen LogP contribution in [-0.4, -0.2) is 32.0 Å². The van der Waals surface area contributed by atoms with E-state index in [-0.39, 0.29) is 12.7 Å². The molecular weight excluding hydrogens is 249 g/mol. The predicted molar refractivity (Wildman–Crippen MR) is 61.1 cm³/mol. The first-order valence-electron chi connectivity index (χ1n) is 5.83. The highest BCUT2D eigenvalue weighted by molar-refractivity contribution is 5.70. The van der Waals surface area contributed by atoms with Crippen molar-refractivity contribution in [3.8, 4) is 0 Å². The van der Waals surface area contributed by atoms with Crippen molar-refractivity contribution in [2.24, 2.45) is 0 Å². The topological polar surface area (TPSA) is 35.5 Å². The van der Waals surface area contributed by atoms with Crippen molar-refractivity contribution >= 4 is 5.97 Å². The summed E-state index contributed by atoms with van der Waals surface area (Å²) in [5.74, 6) is -0.601. The van der Waals surface area contributed by atoms with Gasteiger partial charge >= 0.3 is 12.1 Å². The minimum Gasteiger partial charge on any atom is -0.467 e. The van der Waals surface area contributed by atoms with Crippen LogP contribution in [0.5, 0.6) is 0 Å². The molecule has 0 bridgehead atoms. The molecule has 106 valence electrons. The lowest BCUT2D eigenvalue weighted by molar-refractivity contribution is -0.147. The fourth-order valence-corrected chi connectivity index (χ4v) is 1.28. The standard InChI is InChI=1S/C12H19F3O3/c1-3-4-5-6-10(7-8-12(13,14)15)18-9-11(16)17-2/h7-8,10H,3-6,9H2,1-2H3/b8-7-/t10-/m0/s1. The number of esters is 1. The molecule has 6 heteroatoms. The van der Waals surface area contributed by atoms with Crippen LogP contribution in [0.1, 0.15) is 32.6 Å². The number of allylic oxidation sites excluding steroid dienone is 1. The number of unbranched alkanes of at least 4 members (excludes halogenated alkanes) is 2. The summed E-state index contributed by atoms with van der Waals surface area (Å²) >= 11 is 0. The number of hydrogen-bond donors (Lipinski definition) is 0. The summed E-state index contributed by atoms with van der Waals surface area (Å²) < 4.78 is 45.5. The van der Waals surface area contributed by atoms with Crippen molar-refractivity contribution in [3.63, 3.8) is 0 Å². The molecule has 0 heterocycles. The van der Waals surface area contributed by atoms with Crippen LogP contribution in [0, 0.1) is 0 Å². The molecule has 0 aliphatic rings. The molecule has 0 fully saturated rings. The van der Waals surface area contributed by atoms with Gasteiger partial charge in [0.25, 0.3) is 0 Å². The third-order valence-corrected chi connectivity index (χ3v) is 2.23. The van der Waals surface area contributed by atoms with Gasteiger partial charge in [0.05, 0.1) is 13.2 Å². The van der Waals surface area contributed by atoms with E-state index in [1.54, 1.807) is 0 Å². The van der Waals surface area contributed by atoms with Gasteiger partial charge in [-0.1, -0.05) is 32.3 Å². The van der Waals surface area contributed by atoms with Crippen LogP contribution in [0.25, 0.3) is 0 Å². The lowest BCUT2D eigenvalue weighted by Gasteiger charge is -2.13. The van der Waals surface area contributed by atoms with Gasteiger partial charge in [-0.3, -0.25) is 0 Å². The van der Waals surface area contributed by atoms with Crippen LogP contribution >= 0.6 is 0 Å². The number of methoxy groups -OCH3 is 1. The summed E-state index contributed by atoms with van der Waals surface area (Å²) in [7, 11) is 1.20. The number of ether oxygens (including phenoxy) is 2. The van der Waals surface area contributed by atoms with Crippen molar-refractivity contribution in [2.75, 3.05) is 13.7 Å². The number of rotatable bonds is 8. The Hall–Kier alpha value is -1.04. The first-order valence-corrected chi connectivity index (χ1v) is 5.83. The quantitative estimate of drug-likeness (QED) is 0.385. The number of hydrogen-bond acceptors (Lipinski definition) is 3. The molecule has 0 saturated carbocycles. The fourth-order valence-electron chi connectivity index (χ4n) is 1.28. The van der Waals surface area contributed by atoms with Crippen molar-refractivity contribution in [1.29, 1.82) is 0 Å². The zero-order valence-electron chi connectivity index (χ0n) is 10.6. The highest BCUT2D eigenvalue weighted by atomic mass is 19.4. The van der Waals surface area contributed by atoms with Gasteiger partial charge in [-0.15, -0.1) is 0 Å². The van der Waals surface area contributed by atoms with Gasteiger partial charge < -0.3 is 9.47 Å². The first-order chi connectivity index (χ1) is 8.39. The number of carbonyl (C=O) groups excluding carboxylic acids is 1. The zero-order chi connectivity index (χ0) is 14.0. The molecule has 0 saturated heterocycles. The average Bonchev–Trinajstić information content (AvgIpc) is 2.30. The van der Waals surface area contributed by atoms with E-state index in [4.69, 9.17) is 4.74 Å². The number of halogens is 3. The minimum absolute atomic E-state index is 0.140. The predicted octanol–water partition coefficient (Wildman–Crippen LogP) is 3.24. The molecular formula is C12H19F3O3. The van der Waals surface area contributed by atoms with Gasteiger partial charge in [0.15, 0.2) is 0 Å². The Morgan fingerprint density at radius 1 is 1.33 bits per heavy atom. The van der Waals surface area contributed by atoms with Crippen LogP contribution in [0.3, 0.4) is 0 Å². The molecule has 0 aromatic heterocycles. The van der Waals surface area contributed by atoms with Gasteiger partial charge in [0.1, 0.15) is 6.61 Å². The maximum Gasteiger partial charge on any atom is 0.409 e. The summed E-state index contributed by atoms with van der Waals surface area (Å²) in [6, 6.07) is 0. The molecule has 0 aromatic rings. The maximum absolute atomic E-state index is 12.0. The Labute approximate surface area is 105 Å². The molecule has 0 radical (unpaired) electrons. The highest BCUT2D eigenvalue weighted by Crippen LogP contribution is 2.18. The smallest absolute Gasteiger partial charge is 0.409 e. The van der Waals surface area contributed by atoms with Crippen LogP contribution in [-0.2, 0) is 14.3 Å². The van der Waals surface area contributed by atoms with E-state index in [2.05, 4.69) is 4.74 Å². The largest absolute Gasteiger partial charge is 0.467 e. The normalized spacial score (nSPS) is 13.8. The molecule has 0 aliphatic carbocycles. The molecule has 0 rings (SSSR count). The van der Waals surface area contributed by atoms with Gasteiger partial charge in [-0.2, -0.15) is 13.2 Å². The molecule has 0 spiro atoms. The van der Waals surface area contributed by atoms with Crippen molar-refractivity contribution < 1.29 is 27.4 Å². The van der Waals surface area contributed by atoms with E-state index >= 15 is 0 Å². The Morgan fingerprint density at radius 3 is 2.50 bits per heavy atom. The Balaban J connectivity index is 4.24. The lowest BCUT2D eigenvalue weighted by atomic mass is 10.1. The van der Waals surface area contributed by atoms with Crippen molar-refractivity contribution in [1.82, 2.24) is 0 Å². The third-order valence-electron chi connectivity index (χ3n) is 2.23. The van der Waals surface area contributed by atoms with Crippen LogP contribution in [0.2, 0.25) is 0 Å². The van der Waals surface area contributed by atoms with E-state index in [1.165, 1.54) is 7.11 Å². The SMILES string of the molecule is CCCCC[C@@H](/C=C\C(F)(F)F)OCC(=O)OC. The monoisotopic (exact) mass is 268 g/mol. The minimum atomic E-state index is -4.36. The number of carbonyl (C=O) groups is 1. The first kappa shape index (κ1) is 17.0. The molecule has 0 aromatic carbocycles. The van der Waals surface area contributed by atoms with Crippen LogP contribution < -0.4 is 0 Å². The second kappa shape index (κ2) is 8.97. The second-order valence-corrected chi connectivity index (χ2v) is 3.82. The van der Waals surface area contributed by atoms with E-state index in [0.717, 1.165) is 25.3 Å². The number of alkyl halides is 3. The van der Waals surface area contributed by atoms with E-state index in [0.29, 0.717) is 6.42 Å². The van der Waals surface area contributed by atoms with Gasteiger partial charge in [-0.25, -0.2) is 4.79 Å². The second-order valence-electron chi connectivity index (χ2n) is 3.82. The van der Waals surface area contributed by atoms with Gasteiger partial charge in [-0.05, 0) is 6.42 Å². The lowest BCUT2D eigenvalue weighted by Crippen LogP contribution is -2.18. The average molecular weight is 268 g/mol. The molecule has 0 amide bonds.